The molecule has 1 heterocycles. The molecule has 0 aliphatic rings. The molecule has 0 saturated carbocycles. The van der Waals surface area contributed by atoms with Gasteiger partial charge in [0, 0.05) is 19.7 Å². The lowest BCUT2D eigenvalue weighted by atomic mass is 10.1. The van der Waals surface area contributed by atoms with Crippen molar-refractivity contribution in [2.24, 2.45) is 7.05 Å². The lowest BCUT2D eigenvalue weighted by Crippen LogP contribution is -2.32. The van der Waals surface area contributed by atoms with Crippen LogP contribution in [-0.2, 0) is 18.3 Å². The number of aromatic nitrogens is 2. The van der Waals surface area contributed by atoms with Crippen LogP contribution < -0.4 is 10.1 Å². The number of rotatable bonds is 8. The van der Waals surface area contributed by atoms with Crippen LogP contribution >= 0.6 is 0 Å². The van der Waals surface area contributed by atoms with Gasteiger partial charge in [-0.1, -0.05) is 42.5 Å². The van der Waals surface area contributed by atoms with Crippen molar-refractivity contribution in [2.75, 3.05) is 6.61 Å². The predicted molar refractivity (Wildman–Crippen MR) is 101 cm³/mol. The van der Waals surface area contributed by atoms with Crippen LogP contribution in [0.1, 0.15) is 23.6 Å². The summed E-state index contributed by atoms with van der Waals surface area (Å²) in [5.41, 5.74) is 1.91. The normalized spacial score (nSPS) is 11.8. The summed E-state index contributed by atoms with van der Waals surface area (Å²) in [5, 5.41) is 7.09. The van der Waals surface area contributed by atoms with Crippen molar-refractivity contribution in [1.29, 1.82) is 0 Å². The Hall–Kier alpha value is -3.15. The van der Waals surface area contributed by atoms with Crippen molar-refractivity contribution in [3.63, 3.8) is 0 Å². The molecule has 1 aromatic heterocycles. The molecule has 140 valence electrons. The van der Waals surface area contributed by atoms with Gasteiger partial charge in [0.2, 0.25) is 5.91 Å². The number of hydrogen-bond donors (Lipinski definition) is 1. The fourth-order valence-electron chi connectivity index (χ4n) is 2.77. The van der Waals surface area contributed by atoms with E-state index in [1.54, 1.807) is 29.1 Å². The van der Waals surface area contributed by atoms with Crippen LogP contribution in [0.5, 0.6) is 5.75 Å². The Morgan fingerprint density at radius 3 is 2.63 bits per heavy atom. The first-order valence-corrected chi connectivity index (χ1v) is 8.81. The van der Waals surface area contributed by atoms with E-state index in [-0.39, 0.29) is 24.3 Å². The highest BCUT2D eigenvalue weighted by atomic mass is 19.1. The van der Waals surface area contributed by atoms with Crippen LogP contribution in [0.3, 0.4) is 0 Å². The number of hydrogen-bond acceptors (Lipinski definition) is 3. The van der Waals surface area contributed by atoms with Crippen molar-refractivity contribution in [3.05, 3.63) is 83.9 Å². The Balaban J connectivity index is 1.63. The molecule has 3 rings (SSSR count). The zero-order chi connectivity index (χ0) is 19.1. The number of halogens is 1. The minimum atomic E-state index is -0.424. The van der Waals surface area contributed by atoms with Crippen LogP contribution in [0.4, 0.5) is 4.39 Å². The van der Waals surface area contributed by atoms with E-state index in [4.69, 9.17) is 4.74 Å². The van der Waals surface area contributed by atoms with E-state index in [0.717, 1.165) is 11.1 Å². The number of benzene rings is 2. The number of nitrogens with zero attached hydrogens (tertiary/aromatic N) is 2. The molecule has 3 aromatic rings. The summed E-state index contributed by atoms with van der Waals surface area (Å²) in [6, 6.07) is 15.4. The second-order valence-electron chi connectivity index (χ2n) is 6.29. The highest BCUT2D eigenvalue weighted by Gasteiger charge is 2.16. The molecule has 5 nitrogen and oxygen atoms in total. The maximum absolute atomic E-state index is 13.8. The maximum atomic E-state index is 13.8. The molecule has 2 aromatic carbocycles. The number of para-hydroxylation sites is 1. The van der Waals surface area contributed by atoms with E-state index in [1.165, 1.54) is 6.07 Å². The SMILES string of the molecule is Cn1cc(CCC(=O)N[C@@H](COc2ccccc2F)c2ccccc2)cn1. The van der Waals surface area contributed by atoms with Gasteiger partial charge in [0.1, 0.15) is 6.61 Å². The Morgan fingerprint density at radius 2 is 1.93 bits per heavy atom. The molecule has 6 heteroatoms. The van der Waals surface area contributed by atoms with Crippen LogP contribution in [0.2, 0.25) is 0 Å². The third-order valence-electron chi connectivity index (χ3n) is 4.18. The number of aryl methyl sites for hydroxylation is 2. The van der Waals surface area contributed by atoms with Crippen molar-refractivity contribution in [1.82, 2.24) is 15.1 Å². The van der Waals surface area contributed by atoms with Gasteiger partial charge in [-0.2, -0.15) is 5.10 Å². The smallest absolute Gasteiger partial charge is 0.220 e. The number of amides is 1. The summed E-state index contributed by atoms with van der Waals surface area (Å²) >= 11 is 0. The zero-order valence-electron chi connectivity index (χ0n) is 15.1. The molecule has 0 unspecified atom stereocenters. The van der Waals surface area contributed by atoms with E-state index in [2.05, 4.69) is 10.4 Å². The molecular formula is C21H22FN3O2. The maximum Gasteiger partial charge on any atom is 0.220 e. The molecule has 0 saturated heterocycles. The van der Waals surface area contributed by atoms with Crippen LogP contribution in [0.15, 0.2) is 67.0 Å². The fraction of sp³-hybridized carbons (Fsp3) is 0.238. The highest BCUT2D eigenvalue weighted by molar-refractivity contribution is 5.76. The first-order chi connectivity index (χ1) is 13.1. The monoisotopic (exact) mass is 367 g/mol. The van der Waals surface area contributed by atoms with Crippen molar-refractivity contribution >= 4 is 5.91 Å². The summed E-state index contributed by atoms with van der Waals surface area (Å²) in [6.45, 7) is 0.142. The van der Waals surface area contributed by atoms with Gasteiger partial charge >= 0.3 is 0 Å². The Morgan fingerprint density at radius 1 is 1.19 bits per heavy atom. The molecule has 0 fully saturated rings. The van der Waals surface area contributed by atoms with E-state index in [9.17, 15) is 9.18 Å². The average Bonchev–Trinajstić information content (AvgIpc) is 3.10. The topological polar surface area (TPSA) is 56.2 Å². The zero-order valence-corrected chi connectivity index (χ0v) is 15.1. The summed E-state index contributed by atoms with van der Waals surface area (Å²) in [6.07, 6.45) is 4.59. The average molecular weight is 367 g/mol. The Labute approximate surface area is 157 Å². The lowest BCUT2D eigenvalue weighted by molar-refractivity contribution is -0.122. The lowest BCUT2D eigenvalue weighted by Gasteiger charge is -2.20. The number of carbonyl (C=O) groups excluding carboxylic acids is 1. The number of carbonyl (C=O) groups is 1. The van der Waals surface area contributed by atoms with Gasteiger partial charge in [-0.05, 0) is 29.7 Å². The van der Waals surface area contributed by atoms with E-state index in [1.807, 2.05) is 43.6 Å². The van der Waals surface area contributed by atoms with Gasteiger partial charge < -0.3 is 10.1 Å². The van der Waals surface area contributed by atoms with Crippen LogP contribution in [0.25, 0.3) is 0 Å². The third-order valence-corrected chi connectivity index (χ3v) is 4.18. The van der Waals surface area contributed by atoms with E-state index in [0.29, 0.717) is 12.8 Å². The minimum absolute atomic E-state index is 0.0927. The standard InChI is InChI=1S/C21H22FN3O2/c1-25-14-16(13-23-25)11-12-21(26)24-19(17-7-3-2-4-8-17)15-27-20-10-6-5-9-18(20)22/h2-10,13-14,19H,11-12,15H2,1H3,(H,24,26)/t19-/m0/s1. The fourth-order valence-corrected chi connectivity index (χ4v) is 2.77. The van der Waals surface area contributed by atoms with Crippen LogP contribution in [0, 0.1) is 5.82 Å². The summed E-state index contributed by atoms with van der Waals surface area (Å²) in [4.78, 5) is 12.4. The van der Waals surface area contributed by atoms with Gasteiger partial charge in [0.25, 0.3) is 0 Å². The van der Waals surface area contributed by atoms with Gasteiger partial charge in [0.15, 0.2) is 11.6 Å². The number of nitrogens with one attached hydrogen (secondary N) is 1. The Kier molecular flexibility index (Phi) is 6.20. The molecule has 1 atom stereocenters. The molecule has 1 N–H and O–H groups in total. The highest BCUT2D eigenvalue weighted by Crippen LogP contribution is 2.19. The molecule has 27 heavy (non-hydrogen) atoms. The summed E-state index contributed by atoms with van der Waals surface area (Å²) in [5.74, 6) is -0.347. The first kappa shape index (κ1) is 18.6. The quantitative estimate of drug-likeness (QED) is 0.664. The summed E-state index contributed by atoms with van der Waals surface area (Å²) in [7, 11) is 1.84. The molecular weight excluding hydrogens is 345 g/mol. The van der Waals surface area contributed by atoms with Gasteiger partial charge in [-0.15, -0.1) is 0 Å². The number of ether oxygens (including phenoxy) is 1. The Bertz CT molecular complexity index is 880. The molecule has 0 aliphatic carbocycles. The van der Waals surface area contributed by atoms with Crippen molar-refractivity contribution in [3.8, 4) is 5.75 Å². The van der Waals surface area contributed by atoms with Gasteiger partial charge in [0.05, 0.1) is 12.2 Å². The second-order valence-corrected chi connectivity index (χ2v) is 6.29. The third kappa shape index (κ3) is 5.41. The van der Waals surface area contributed by atoms with Gasteiger partial charge in [-0.3, -0.25) is 9.48 Å². The van der Waals surface area contributed by atoms with E-state index >= 15 is 0 Å². The van der Waals surface area contributed by atoms with E-state index < -0.39 is 5.82 Å². The first-order valence-electron chi connectivity index (χ1n) is 8.81. The van der Waals surface area contributed by atoms with Crippen LogP contribution in [-0.4, -0.2) is 22.3 Å². The van der Waals surface area contributed by atoms with Crippen molar-refractivity contribution < 1.29 is 13.9 Å². The molecule has 1 amide bonds. The molecule has 0 radical (unpaired) electrons. The predicted octanol–water partition coefficient (Wildman–Crippen LogP) is 3.43. The summed E-state index contributed by atoms with van der Waals surface area (Å²) < 4.78 is 21.1. The molecule has 0 spiro atoms. The minimum Gasteiger partial charge on any atom is -0.488 e. The largest absolute Gasteiger partial charge is 0.488 e. The second kappa shape index (κ2) is 8.98. The molecule has 0 bridgehead atoms. The van der Waals surface area contributed by atoms with Crippen molar-refractivity contribution in [2.45, 2.75) is 18.9 Å². The van der Waals surface area contributed by atoms with Gasteiger partial charge in [-0.25, -0.2) is 4.39 Å². The molecule has 0 aliphatic heterocycles.